The van der Waals surface area contributed by atoms with E-state index < -0.39 is 0 Å². The second-order valence-electron chi connectivity index (χ2n) is 5.75. The summed E-state index contributed by atoms with van der Waals surface area (Å²) in [6.07, 6.45) is 4.30. The van der Waals surface area contributed by atoms with Gasteiger partial charge in [0.15, 0.2) is 5.96 Å². The molecule has 0 aromatic heterocycles. The van der Waals surface area contributed by atoms with Crippen molar-refractivity contribution in [3.8, 4) is 0 Å². The standard InChI is InChI=1S/C13H25N3O2.HI/c1-13(2,17-4)8-15-12(14-3)16-10-7-9-5-6-11(10)18-9;/h9-11H,5-8H2,1-4H3,(H2,14,15,16);1H. The van der Waals surface area contributed by atoms with Gasteiger partial charge in [0.05, 0.1) is 23.9 Å². The number of halogens is 1. The number of fused-ring (bicyclic) bond motifs is 2. The van der Waals surface area contributed by atoms with Crippen LogP contribution >= 0.6 is 24.0 Å². The number of nitrogens with one attached hydrogen (secondary N) is 2. The minimum absolute atomic E-state index is 0. The van der Waals surface area contributed by atoms with Crippen molar-refractivity contribution >= 4 is 29.9 Å². The highest BCUT2D eigenvalue weighted by molar-refractivity contribution is 14.0. The summed E-state index contributed by atoms with van der Waals surface area (Å²) in [4.78, 5) is 4.26. The van der Waals surface area contributed by atoms with Crippen molar-refractivity contribution in [3.63, 3.8) is 0 Å². The molecule has 2 aliphatic heterocycles. The highest BCUT2D eigenvalue weighted by atomic mass is 127. The first-order chi connectivity index (χ1) is 8.54. The van der Waals surface area contributed by atoms with Crippen LogP contribution in [0.4, 0.5) is 0 Å². The van der Waals surface area contributed by atoms with E-state index in [1.165, 1.54) is 12.8 Å². The Morgan fingerprint density at radius 2 is 2.16 bits per heavy atom. The van der Waals surface area contributed by atoms with Crippen LogP contribution in [0.15, 0.2) is 4.99 Å². The molecule has 19 heavy (non-hydrogen) atoms. The monoisotopic (exact) mass is 383 g/mol. The van der Waals surface area contributed by atoms with Gasteiger partial charge in [-0.25, -0.2) is 0 Å². The quantitative estimate of drug-likeness (QED) is 0.439. The zero-order valence-electron chi connectivity index (χ0n) is 12.2. The summed E-state index contributed by atoms with van der Waals surface area (Å²) >= 11 is 0. The second-order valence-corrected chi connectivity index (χ2v) is 5.75. The Labute approximate surface area is 132 Å². The minimum Gasteiger partial charge on any atom is -0.377 e. The smallest absolute Gasteiger partial charge is 0.191 e. The van der Waals surface area contributed by atoms with Crippen molar-refractivity contribution < 1.29 is 9.47 Å². The number of methoxy groups -OCH3 is 1. The van der Waals surface area contributed by atoms with Crippen molar-refractivity contribution in [3.05, 3.63) is 0 Å². The molecule has 6 heteroatoms. The molecule has 0 radical (unpaired) electrons. The van der Waals surface area contributed by atoms with Crippen LogP contribution < -0.4 is 10.6 Å². The van der Waals surface area contributed by atoms with Crippen molar-refractivity contribution in [2.24, 2.45) is 4.99 Å². The van der Waals surface area contributed by atoms with Crippen LogP contribution in [-0.4, -0.2) is 50.5 Å². The van der Waals surface area contributed by atoms with Crippen molar-refractivity contribution in [1.29, 1.82) is 0 Å². The number of hydrogen-bond donors (Lipinski definition) is 2. The van der Waals surface area contributed by atoms with Gasteiger partial charge in [0.2, 0.25) is 0 Å². The van der Waals surface area contributed by atoms with E-state index in [0.717, 1.165) is 18.9 Å². The molecule has 0 spiro atoms. The second kappa shape index (κ2) is 7.08. The lowest BCUT2D eigenvalue weighted by molar-refractivity contribution is 0.0267. The van der Waals surface area contributed by atoms with Crippen LogP contribution in [0.25, 0.3) is 0 Å². The third-order valence-electron chi connectivity index (χ3n) is 3.89. The molecule has 0 aromatic rings. The van der Waals surface area contributed by atoms with Gasteiger partial charge in [-0.05, 0) is 33.1 Å². The lowest BCUT2D eigenvalue weighted by atomic mass is 9.96. The summed E-state index contributed by atoms with van der Waals surface area (Å²) in [5.41, 5.74) is -0.192. The van der Waals surface area contributed by atoms with Crippen LogP contribution in [0.3, 0.4) is 0 Å². The van der Waals surface area contributed by atoms with E-state index in [0.29, 0.717) is 18.2 Å². The number of guanidine groups is 1. The first-order valence-electron chi connectivity index (χ1n) is 6.72. The minimum atomic E-state index is -0.192. The Morgan fingerprint density at radius 1 is 1.42 bits per heavy atom. The molecule has 2 fully saturated rings. The van der Waals surface area contributed by atoms with Crippen LogP contribution in [0, 0.1) is 0 Å². The molecule has 0 amide bonds. The van der Waals surface area contributed by atoms with E-state index in [4.69, 9.17) is 9.47 Å². The average Bonchev–Trinajstić information content (AvgIpc) is 2.96. The molecule has 2 bridgehead atoms. The highest BCUT2D eigenvalue weighted by Crippen LogP contribution is 2.34. The van der Waals surface area contributed by atoms with Crippen LogP contribution in [0.2, 0.25) is 0 Å². The van der Waals surface area contributed by atoms with Crippen molar-refractivity contribution in [2.45, 2.75) is 57.0 Å². The Kier molecular flexibility index (Phi) is 6.32. The maximum atomic E-state index is 5.83. The predicted molar refractivity (Wildman–Crippen MR) is 87.3 cm³/mol. The largest absolute Gasteiger partial charge is 0.377 e. The summed E-state index contributed by atoms with van der Waals surface area (Å²) in [7, 11) is 3.52. The lowest BCUT2D eigenvalue weighted by Crippen LogP contribution is -2.50. The third kappa shape index (κ3) is 4.46. The Hall–Kier alpha value is -0.0800. The Bertz CT molecular complexity index is 323. The topological polar surface area (TPSA) is 54.9 Å². The molecule has 2 heterocycles. The fourth-order valence-electron chi connectivity index (χ4n) is 2.53. The first-order valence-corrected chi connectivity index (χ1v) is 6.72. The van der Waals surface area contributed by atoms with Gasteiger partial charge in [0.1, 0.15) is 0 Å². The van der Waals surface area contributed by atoms with E-state index >= 15 is 0 Å². The summed E-state index contributed by atoms with van der Waals surface area (Å²) < 4.78 is 11.2. The normalized spacial score (nSPS) is 30.1. The van der Waals surface area contributed by atoms with Gasteiger partial charge in [-0.2, -0.15) is 0 Å². The van der Waals surface area contributed by atoms with E-state index in [2.05, 4.69) is 15.6 Å². The predicted octanol–water partition coefficient (Wildman–Crippen LogP) is 1.51. The molecule has 3 unspecified atom stereocenters. The summed E-state index contributed by atoms with van der Waals surface area (Å²) in [5.74, 6) is 0.835. The number of hydrogen-bond acceptors (Lipinski definition) is 3. The van der Waals surface area contributed by atoms with Gasteiger partial charge in [-0.15, -0.1) is 24.0 Å². The fourth-order valence-corrected chi connectivity index (χ4v) is 2.53. The molecule has 2 N–H and O–H groups in total. The van der Waals surface area contributed by atoms with Crippen molar-refractivity contribution in [1.82, 2.24) is 10.6 Å². The highest BCUT2D eigenvalue weighted by Gasteiger charge is 2.41. The van der Waals surface area contributed by atoms with Crippen LogP contribution in [-0.2, 0) is 9.47 Å². The molecule has 0 aliphatic carbocycles. The number of ether oxygens (including phenoxy) is 2. The molecule has 2 rings (SSSR count). The van der Waals surface area contributed by atoms with Gasteiger partial charge in [0.25, 0.3) is 0 Å². The zero-order chi connectivity index (χ0) is 13.2. The summed E-state index contributed by atoms with van der Waals surface area (Å²) in [5, 5.41) is 6.76. The molecule has 2 aliphatic rings. The maximum absolute atomic E-state index is 5.83. The molecule has 5 nitrogen and oxygen atoms in total. The third-order valence-corrected chi connectivity index (χ3v) is 3.89. The van der Waals surface area contributed by atoms with Crippen LogP contribution in [0.5, 0.6) is 0 Å². The Morgan fingerprint density at radius 3 is 2.63 bits per heavy atom. The van der Waals surface area contributed by atoms with E-state index in [1.807, 2.05) is 13.8 Å². The van der Waals surface area contributed by atoms with Crippen molar-refractivity contribution in [2.75, 3.05) is 20.7 Å². The molecule has 0 aromatic carbocycles. The number of aliphatic imine (C=N–C) groups is 1. The number of rotatable bonds is 4. The lowest BCUT2D eigenvalue weighted by Gasteiger charge is -2.27. The van der Waals surface area contributed by atoms with E-state index in [-0.39, 0.29) is 29.6 Å². The number of nitrogens with zero attached hydrogens (tertiary/aromatic N) is 1. The molecule has 112 valence electrons. The fraction of sp³-hybridized carbons (Fsp3) is 0.923. The van der Waals surface area contributed by atoms with Gasteiger partial charge in [-0.3, -0.25) is 4.99 Å². The van der Waals surface area contributed by atoms with Gasteiger partial charge < -0.3 is 20.1 Å². The Balaban J connectivity index is 0.00000180. The molecular formula is C13H26IN3O2. The zero-order valence-corrected chi connectivity index (χ0v) is 14.6. The summed E-state index contributed by atoms with van der Waals surface area (Å²) in [6.45, 7) is 4.83. The van der Waals surface area contributed by atoms with Crippen LogP contribution in [0.1, 0.15) is 33.1 Å². The van der Waals surface area contributed by atoms with E-state index in [1.54, 1.807) is 14.2 Å². The molecule has 3 atom stereocenters. The SMILES string of the molecule is CN=C(NCC(C)(C)OC)NC1CC2CCC1O2.I. The first kappa shape index (κ1) is 17.0. The maximum Gasteiger partial charge on any atom is 0.191 e. The van der Waals surface area contributed by atoms with E-state index in [9.17, 15) is 0 Å². The molecule has 2 saturated heterocycles. The molecular weight excluding hydrogens is 357 g/mol. The van der Waals surface area contributed by atoms with Gasteiger partial charge in [0, 0.05) is 20.7 Å². The average molecular weight is 383 g/mol. The van der Waals surface area contributed by atoms with Gasteiger partial charge >= 0.3 is 0 Å². The summed E-state index contributed by atoms with van der Waals surface area (Å²) in [6, 6.07) is 0.403. The molecule has 0 saturated carbocycles. The van der Waals surface area contributed by atoms with Gasteiger partial charge in [-0.1, -0.05) is 0 Å².